The van der Waals surface area contributed by atoms with Crippen LogP contribution in [0.3, 0.4) is 0 Å². The Kier molecular flexibility index (Phi) is 4.62. The van der Waals surface area contributed by atoms with Crippen LogP contribution in [0.2, 0.25) is 0 Å². The van der Waals surface area contributed by atoms with Crippen molar-refractivity contribution in [1.29, 1.82) is 0 Å². The summed E-state index contributed by atoms with van der Waals surface area (Å²) in [5.74, 6) is 0.128. The Morgan fingerprint density at radius 2 is 2.33 bits per heavy atom. The van der Waals surface area contributed by atoms with Crippen LogP contribution in [0.15, 0.2) is 12.3 Å². The van der Waals surface area contributed by atoms with Crippen molar-refractivity contribution in [3.05, 3.63) is 17.8 Å². The van der Waals surface area contributed by atoms with E-state index in [2.05, 4.69) is 4.98 Å². The van der Waals surface area contributed by atoms with Crippen LogP contribution in [0.1, 0.15) is 17.3 Å². The molecule has 116 valence electrons. The molecule has 3 N–H and O–H groups in total. The van der Waals surface area contributed by atoms with Gasteiger partial charge < -0.3 is 15.7 Å². The Morgan fingerprint density at radius 3 is 2.95 bits per heavy atom. The van der Waals surface area contributed by atoms with Crippen molar-refractivity contribution in [3.63, 3.8) is 0 Å². The molecule has 0 spiro atoms. The number of sulfone groups is 1. The number of carboxylic acids is 1. The molecule has 0 radical (unpaired) electrons. The number of aromatic carboxylic acids is 1. The largest absolute Gasteiger partial charge is 0.478 e. The van der Waals surface area contributed by atoms with Crippen LogP contribution in [0, 0.1) is 0 Å². The van der Waals surface area contributed by atoms with E-state index in [4.69, 9.17) is 5.73 Å². The van der Waals surface area contributed by atoms with Crippen LogP contribution in [0.5, 0.6) is 0 Å². The minimum Gasteiger partial charge on any atom is -0.478 e. The van der Waals surface area contributed by atoms with E-state index < -0.39 is 21.2 Å². The highest BCUT2D eigenvalue weighted by atomic mass is 32.2. The van der Waals surface area contributed by atoms with E-state index in [0.29, 0.717) is 12.3 Å². The highest BCUT2D eigenvalue weighted by Crippen LogP contribution is 2.29. The normalized spacial score (nSPS) is 19.5. The molecule has 2 rings (SSSR count). The van der Waals surface area contributed by atoms with E-state index in [1.165, 1.54) is 12.3 Å². The molecule has 1 aromatic heterocycles. The van der Waals surface area contributed by atoms with Crippen LogP contribution in [-0.4, -0.2) is 53.7 Å². The van der Waals surface area contributed by atoms with E-state index in [9.17, 15) is 18.3 Å². The number of nitrogens with zero attached hydrogens (tertiary/aromatic N) is 2. The molecule has 1 saturated heterocycles. The maximum absolute atomic E-state index is 12.2. The zero-order chi connectivity index (χ0) is 15.6. The van der Waals surface area contributed by atoms with Crippen molar-refractivity contribution in [2.24, 2.45) is 0 Å². The third kappa shape index (κ3) is 3.24. The van der Waals surface area contributed by atoms with Gasteiger partial charge in [-0.3, -0.25) is 0 Å². The number of nitrogen functional groups attached to an aromatic ring is 1. The number of hydrogen-bond acceptors (Lipinski definition) is 7. The smallest absolute Gasteiger partial charge is 0.339 e. The number of nitrogens with two attached hydrogens (primary N) is 1. The minimum absolute atomic E-state index is 0.00606. The predicted octanol–water partition coefficient (Wildman–Crippen LogP) is 0.676. The van der Waals surface area contributed by atoms with E-state index in [-0.39, 0.29) is 22.8 Å². The SMILES string of the molecule is CCS(=O)(=O)C1CSCCN1c1ncc(N)cc1C(=O)O. The summed E-state index contributed by atoms with van der Waals surface area (Å²) in [4.78, 5) is 17.0. The Balaban J connectivity index is 2.50. The fourth-order valence-electron chi connectivity index (χ4n) is 2.17. The van der Waals surface area contributed by atoms with Gasteiger partial charge >= 0.3 is 5.97 Å². The quantitative estimate of drug-likeness (QED) is 0.828. The highest BCUT2D eigenvalue weighted by molar-refractivity contribution is 8.01. The number of carbonyl (C=O) groups is 1. The second-order valence-corrected chi connectivity index (χ2v) is 8.22. The first-order chi connectivity index (χ1) is 9.86. The van der Waals surface area contributed by atoms with Crippen molar-refractivity contribution in [2.75, 3.05) is 34.4 Å². The highest BCUT2D eigenvalue weighted by Gasteiger charge is 2.35. The summed E-state index contributed by atoms with van der Waals surface area (Å²) in [6.07, 6.45) is 1.35. The summed E-state index contributed by atoms with van der Waals surface area (Å²) < 4.78 is 24.5. The molecule has 0 aromatic carbocycles. The Hall–Kier alpha value is -1.48. The van der Waals surface area contributed by atoms with E-state index in [1.54, 1.807) is 23.6 Å². The predicted molar refractivity (Wildman–Crippen MR) is 83.5 cm³/mol. The number of hydrogen-bond donors (Lipinski definition) is 2. The van der Waals surface area contributed by atoms with E-state index in [0.717, 1.165) is 5.75 Å². The molecule has 1 aliphatic heterocycles. The average Bonchev–Trinajstić information content (AvgIpc) is 2.47. The van der Waals surface area contributed by atoms with Gasteiger partial charge in [-0.1, -0.05) is 6.92 Å². The summed E-state index contributed by atoms with van der Waals surface area (Å²) >= 11 is 1.54. The molecule has 21 heavy (non-hydrogen) atoms. The monoisotopic (exact) mass is 331 g/mol. The van der Waals surface area contributed by atoms with Gasteiger partial charge in [-0.15, -0.1) is 0 Å². The number of carboxylic acid groups (broad SMARTS) is 1. The molecular formula is C12H17N3O4S2. The maximum Gasteiger partial charge on any atom is 0.339 e. The van der Waals surface area contributed by atoms with Gasteiger partial charge in [-0.2, -0.15) is 11.8 Å². The van der Waals surface area contributed by atoms with Gasteiger partial charge in [0.25, 0.3) is 0 Å². The third-order valence-corrected chi connectivity index (χ3v) is 6.58. The van der Waals surface area contributed by atoms with Crippen LogP contribution >= 0.6 is 11.8 Å². The van der Waals surface area contributed by atoms with Gasteiger partial charge in [0.15, 0.2) is 9.84 Å². The molecule has 0 aliphatic carbocycles. The second-order valence-electron chi connectivity index (χ2n) is 4.62. The molecule has 9 heteroatoms. The van der Waals surface area contributed by atoms with Crippen LogP contribution in [0.25, 0.3) is 0 Å². The van der Waals surface area contributed by atoms with Gasteiger partial charge in [0, 0.05) is 23.8 Å². The first-order valence-electron chi connectivity index (χ1n) is 6.41. The lowest BCUT2D eigenvalue weighted by molar-refractivity contribution is 0.0697. The topological polar surface area (TPSA) is 114 Å². The lowest BCUT2D eigenvalue weighted by Gasteiger charge is -2.36. The third-order valence-electron chi connectivity index (χ3n) is 3.29. The van der Waals surface area contributed by atoms with Gasteiger partial charge in [0.1, 0.15) is 16.8 Å². The number of aromatic nitrogens is 1. The van der Waals surface area contributed by atoms with Gasteiger partial charge in [0.2, 0.25) is 0 Å². The second kappa shape index (κ2) is 6.10. The molecule has 1 aliphatic rings. The Bertz CT molecular complexity index is 648. The van der Waals surface area contributed by atoms with Crippen LogP contribution < -0.4 is 10.6 Å². The maximum atomic E-state index is 12.2. The van der Waals surface area contributed by atoms with Crippen molar-refractivity contribution in [2.45, 2.75) is 12.3 Å². The van der Waals surface area contributed by atoms with Crippen molar-refractivity contribution in [1.82, 2.24) is 4.98 Å². The number of pyridine rings is 1. The van der Waals surface area contributed by atoms with Crippen molar-refractivity contribution < 1.29 is 18.3 Å². The standard InChI is InChI=1S/C12H17N3O4S2/c1-2-21(18,19)10-7-20-4-3-15(10)11-9(12(16)17)5-8(13)6-14-11/h5-6,10H,2-4,7,13H2,1H3,(H,16,17). The number of anilines is 2. The summed E-state index contributed by atoms with van der Waals surface area (Å²) in [6, 6.07) is 1.31. The van der Waals surface area contributed by atoms with Gasteiger partial charge in [0.05, 0.1) is 11.9 Å². The molecule has 0 saturated carbocycles. The van der Waals surface area contributed by atoms with Crippen LogP contribution in [0.4, 0.5) is 11.5 Å². The molecule has 0 bridgehead atoms. The lowest BCUT2D eigenvalue weighted by Crippen LogP contribution is -2.48. The molecule has 0 amide bonds. The molecule has 7 nitrogen and oxygen atoms in total. The average molecular weight is 331 g/mol. The van der Waals surface area contributed by atoms with Gasteiger partial charge in [-0.05, 0) is 6.07 Å². The number of thioether (sulfide) groups is 1. The van der Waals surface area contributed by atoms with E-state index >= 15 is 0 Å². The molecule has 1 fully saturated rings. The first kappa shape index (κ1) is 15.9. The molecule has 1 aromatic rings. The van der Waals surface area contributed by atoms with E-state index in [1.807, 2.05) is 0 Å². The van der Waals surface area contributed by atoms with Gasteiger partial charge in [-0.25, -0.2) is 18.2 Å². The zero-order valence-electron chi connectivity index (χ0n) is 11.5. The Labute approximate surface area is 127 Å². The fraction of sp³-hybridized carbons (Fsp3) is 0.500. The summed E-state index contributed by atoms with van der Waals surface area (Å²) in [6.45, 7) is 2.02. The molecule has 1 atom stereocenters. The first-order valence-corrected chi connectivity index (χ1v) is 9.28. The lowest BCUT2D eigenvalue weighted by atomic mass is 10.2. The summed E-state index contributed by atoms with van der Waals surface area (Å²) in [5, 5.41) is 8.54. The summed E-state index contributed by atoms with van der Waals surface area (Å²) in [7, 11) is -3.33. The van der Waals surface area contributed by atoms with Crippen LogP contribution in [-0.2, 0) is 9.84 Å². The minimum atomic E-state index is -3.33. The Morgan fingerprint density at radius 1 is 1.62 bits per heavy atom. The van der Waals surface area contributed by atoms with Crippen molar-refractivity contribution >= 4 is 39.1 Å². The zero-order valence-corrected chi connectivity index (χ0v) is 13.2. The molecular weight excluding hydrogens is 314 g/mol. The fourth-order valence-corrected chi connectivity index (χ4v) is 5.14. The summed E-state index contributed by atoms with van der Waals surface area (Å²) in [5.41, 5.74) is 5.74. The van der Waals surface area contributed by atoms with Crippen molar-refractivity contribution in [3.8, 4) is 0 Å². The molecule has 1 unspecified atom stereocenters. The molecule has 2 heterocycles. The number of rotatable bonds is 4.